The first-order valence-electron chi connectivity index (χ1n) is 6.24. The molecule has 2 heterocycles. The first kappa shape index (κ1) is 15.8. The summed E-state index contributed by atoms with van der Waals surface area (Å²) in [4.78, 5) is 17.5. The highest BCUT2D eigenvalue weighted by molar-refractivity contribution is 7.98. The van der Waals surface area contributed by atoms with Crippen LogP contribution in [0.25, 0.3) is 10.6 Å². The van der Waals surface area contributed by atoms with Gasteiger partial charge in [0.25, 0.3) is 0 Å². The van der Waals surface area contributed by atoms with Crippen molar-refractivity contribution in [3.63, 3.8) is 0 Å². The van der Waals surface area contributed by atoms with Crippen LogP contribution in [-0.2, 0) is 4.79 Å². The Morgan fingerprint density at radius 1 is 1.48 bits per heavy atom. The van der Waals surface area contributed by atoms with Gasteiger partial charge in [-0.2, -0.15) is 11.8 Å². The molecule has 21 heavy (non-hydrogen) atoms. The Kier molecular flexibility index (Phi) is 5.24. The van der Waals surface area contributed by atoms with Gasteiger partial charge in [0.2, 0.25) is 11.0 Å². The molecule has 5 nitrogen and oxygen atoms in total. The van der Waals surface area contributed by atoms with E-state index >= 15 is 0 Å². The SMILES string of the molecule is CSCC(C)C(=O)N(C)c1nnc(-c2cncc(F)c2)s1. The Morgan fingerprint density at radius 3 is 2.90 bits per heavy atom. The van der Waals surface area contributed by atoms with Crippen LogP contribution in [0, 0.1) is 11.7 Å². The van der Waals surface area contributed by atoms with E-state index in [0.29, 0.717) is 15.7 Å². The van der Waals surface area contributed by atoms with Crippen LogP contribution in [0.15, 0.2) is 18.5 Å². The van der Waals surface area contributed by atoms with Gasteiger partial charge >= 0.3 is 0 Å². The van der Waals surface area contributed by atoms with Gasteiger partial charge in [0.15, 0.2) is 5.01 Å². The van der Waals surface area contributed by atoms with E-state index in [-0.39, 0.29) is 11.8 Å². The number of hydrogen-bond donors (Lipinski definition) is 0. The maximum Gasteiger partial charge on any atom is 0.232 e. The Hall–Kier alpha value is -1.54. The van der Waals surface area contributed by atoms with Crippen molar-refractivity contribution in [1.29, 1.82) is 0 Å². The summed E-state index contributed by atoms with van der Waals surface area (Å²) in [7, 11) is 1.67. The first-order valence-corrected chi connectivity index (χ1v) is 8.45. The van der Waals surface area contributed by atoms with Crippen LogP contribution in [0.3, 0.4) is 0 Å². The van der Waals surface area contributed by atoms with Crippen molar-refractivity contribution >= 4 is 34.1 Å². The molecule has 1 atom stereocenters. The highest BCUT2D eigenvalue weighted by atomic mass is 32.2. The quantitative estimate of drug-likeness (QED) is 0.845. The van der Waals surface area contributed by atoms with E-state index in [1.54, 1.807) is 18.8 Å². The number of rotatable bonds is 5. The van der Waals surface area contributed by atoms with Crippen molar-refractivity contribution in [2.75, 3.05) is 24.0 Å². The van der Waals surface area contributed by atoms with Crippen LogP contribution in [0.2, 0.25) is 0 Å². The number of anilines is 1. The number of nitrogens with zero attached hydrogens (tertiary/aromatic N) is 4. The topological polar surface area (TPSA) is 59.0 Å². The lowest BCUT2D eigenvalue weighted by molar-refractivity contribution is -0.120. The van der Waals surface area contributed by atoms with E-state index in [4.69, 9.17) is 0 Å². The fraction of sp³-hybridized carbons (Fsp3) is 0.385. The summed E-state index contributed by atoms with van der Waals surface area (Å²) in [6, 6.07) is 1.34. The second-order valence-electron chi connectivity index (χ2n) is 4.54. The molecular weight excluding hydrogens is 311 g/mol. The molecule has 2 aromatic heterocycles. The molecule has 1 amide bonds. The molecule has 0 saturated carbocycles. The van der Waals surface area contributed by atoms with Crippen molar-refractivity contribution in [1.82, 2.24) is 15.2 Å². The fourth-order valence-corrected chi connectivity index (χ4v) is 3.18. The van der Waals surface area contributed by atoms with Gasteiger partial charge in [-0.15, -0.1) is 10.2 Å². The van der Waals surface area contributed by atoms with E-state index in [0.717, 1.165) is 11.9 Å². The number of carbonyl (C=O) groups excluding carboxylic acids is 1. The normalized spacial score (nSPS) is 12.2. The van der Waals surface area contributed by atoms with Gasteiger partial charge < -0.3 is 0 Å². The van der Waals surface area contributed by atoms with E-state index in [1.807, 2.05) is 13.2 Å². The number of amides is 1. The summed E-state index contributed by atoms with van der Waals surface area (Å²) in [5.41, 5.74) is 0.553. The number of pyridine rings is 1. The third kappa shape index (κ3) is 3.76. The van der Waals surface area contributed by atoms with Gasteiger partial charge in [0.1, 0.15) is 5.82 Å². The second-order valence-corrected chi connectivity index (χ2v) is 6.40. The van der Waals surface area contributed by atoms with Gasteiger partial charge in [-0.05, 0) is 12.3 Å². The maximum atomic E-state index is 13.2. The van der Waals surface area contributed by atoms with Crippen molar-refractivity contribution < 1.29 is 9.18 Å². The van der Waals surface area contributed by atoms with Crippen LogP contribution in [0.5, 0.6) is 0 Å². The molecule has 0 bridgehead atoms. The lowest BCUT2D eigenvalue weighted by Gasteiger charge is -2.17. The Bertz CT molecular complexity index is 634. The smallest absolute Gasteiger partial charge is 0.232 e. The highest BCUT2D eigenvalue weighted by Gasteiger charge is 2.21. The third-order valence-electron chi connectivity index (χ3n) is 2.82. The summed E-state index contributed by atoms with van der Waals surface area (Å²) >= 11 is 2.86. The molecule has 0 fully saturated rings. The molecule has 112 valence electrons. The fourth-order valence-electron chi connectivity index (χ4n) is 1.74. The monoisotopic (exact) mass is 326 g/mol. The largest absolute Gasteiger partial charge is 0.290 e. The standard InChI is InChI=1S/C13H15FN4OS2/c1-8(7-20-3)12(19)18(2)13-17-16-11(21-13)9-4-10(14)6-15-5-9/h4-6,8H,7H2,1-3H3. The summed E-state index contributed by atoms with van der Waals surface area (Å²) in [6.45, 7) is 1.88. The van der Waals surface area contributed by atoms with E-state index in [1.165, 1.54) is 28.5 Å². The van der Waals surface area contributed by atoms with Gasteiger partial charge in [-0.1, -0.05) is 18.3 Å². The Morgan fingerprint density at radius 2 is 2.24 bits per heavy atom. The van der Waals surface area contributed by atoms with Crippen LogP contribution in [-0.4, -0.2) is 40.1 Å². The molecule has 0 radical (unpaired) electrons. The summed E-state index contributed by atoms with van der Waals surface area (Å²) in [5, 5.41) is 9.03. The van der Waals surface area contributed by atoms with Crippen LogP contribution >= 0.6 is 23.1 Å². The lowest BCUT2D eigenvalue weighted by atomic mass is 10.2. The molecule has 0 spiro atoms. The molecule has 0 aliphatic heterocycles. The molecule has 0 aliphatic rings. The number of halogens is 1. The molecule has 0 saturated heterocycles. The first-order chi connectivity index (χ1) is 10.0. The van der Waals surface area contributed by atoms with Gasteiger partial charge in [0, 0.05) is 30.5 Å². The van der Waals surface area contributed by atoms with Gasteiger partial charge in [0.05, 0.1) is 6.20 Å². The summed E-state index contributed by atoms with van der Waals surface area (Å²) < 4.78 is 13.2. The minimum atomic E-state index is -0.428. The van der Waals surface area contributed by atoms with Crippen LogP contribution in [0.1, 0.15) is 6.92 Å². The van der Waals surface area contributed by atoms with Crippen LogP contribution in [0.4, 0.5) is 9.52 Å². The van der Waals surface area contributed by atoms with Crippen molar-refractivity contribution in [2.45, 2.75) is 6.92 Å². The maximum absolute atomic E-state index is 13.2. The Labute approximate surface area is 130 Å². The minimum absolute atomic E-state index is 0.00980. The molecule has 2 aromatic rings. The predicted molar refractivity (Wildman–Crippen MR) is 84.1 cm³/mol. The van der Waals surface area contributed by atoms with E-state index in [2.05, 4.69) is 15.2 Å². The molecule has 1 unspecified atom stereocenters. The van der Waals surface area contributed by atoms with Gasteiger partial charge in [-0.25, -0.2) is 4.39 Å². The summed E-state index contributed by atoms with van der Waals surface area (Å²) in [5.74, 6) is 0.225. The second kappa shape index (κ2) is 6.95. The van der Waals surface area contributed by atoms with Crippen molar-refractivity contribution in [2.24, 2.45) is 5.92 Å². The number of hydrogen-bond acceptors (Lipinski definition) is 6. The average Bonchev–Trinajstić information content (AvgIpc) is 2.95. The molecule has 2 rings (SSSR count). The molecule has 8 heteroatoms. The molecule has 0 N–H and O–H groups in total. The average molecular weight is 326 g/mol. The van der Waals surface area contributed by atoms with Crippen molar-refractivity contribution in [3.05, 3.63) is 24.3 Å². The zero-order valence-electron chi connectivity index (χ0n) is 11.9. The number of carbonyl (C=O) groups is 1. The molecule has 0 aromatic carbocycles. The highest BCUT2D eigenvalue weighted by Crippen LogP contribution is 2.28. The van der Waals surface area contributed by atoms with E-state index in [9.17, 15) is 9.18 Å². The molecular formula is C13H15FN4OS2. The van der Waals surface area contributed by atoms with Gasteiger partial charge in [-0.3, -0.25) is 14.7 Å². The van der Waals surface area contributed by atoms with E-state index < -0.39 is 5.82 Å². The number of aromatic nitrogens is 3. The predicted octanol–water partition coefficient (Wildman–Crippen LogP) is 2.70. The lowest BCUT2D eigenvalue weighted by Crippen LogP contribution is -2.32. The number of thioether (sulfide) groups is 1. The minimum Gasteiger partial charge on any atom is -0.290 e. The Balaban J connectivity index is 2.18. The summed E-state index contributed by atoms with van der Waals surface area (Å²) in [6.07, 6.45) is 4.61. The zero-order valence-corrected chi connectivity index (χ0v) is 13.5. The third-order valence-corrected chi connectivity index (χ3v) is 4.70. The van der Waals surface area contributed by atoms with Crippen molar-refractivity contribution in [3.8, 4) is 10.6 Å². The zero-order chi connectivity index (χ0) is 15.4. The van der Waals surface area contributed by atoms with Crippen LogP contribution < -0.4 is 4.90 Å². The molecule has 0 aliphatic carbocycles.